The fraction of sp³-hybridized carbons (Fsp3) is 0.316. The molecule has 0 heterocycles. The first-order valence-electron chi connectivity index (χ1n) is 8.27. The van der Waals surface area contributed by atoms with Crippen LogP contribution in [0, 0.1) is 13.8 Å². The second-order valence-corrected chi connectivity index (χ2v) is 8.21. The Bertz CT molecular complexity index is 857. The van der Waals surface area contributed by atoms with E-state index in [1.165, 1.54) is 7.11 Å². The number of rotatable bonds is 7. The van der Waals surface area contributed by atoms with E-state index in [9.17, 15) is 13.2 Å². The zero-order valence-corrected chi connectivity index (χ0v) is 16.3. The molecule has 0 bridgehead atoms. The molecule has 2 aromatic carbocycles. The highest BCUT2D eigenvalue weighted by molar-refractivity contribution is 7.92. The first-order valence-corrected chi connectivity index (χ1v) is 9.88. The lowest BCUT2D eigenvalue weighted by atomic mass is 10.1. The summed E-state index contributed by atoms with van der Waals surface area (Å²) in [6.45, 7) is 5.13. The fourth-order valence-corrected chi connectivity index (χ4v) is 3.70. The van der Waals surface area contributed by atoms with Crippen molar-refractivity contribution in [1.29, 1.82) is 0 Å². The lowest BCUT2D eigenvalue weighted by Gasteiger charge is -2.23. The van der Waals surface area contributed by atoms with Gasteiger partial charge in [0, 0.05) is 5.69 Å². The second kappa shape index (κ2) is 8.23. The molecule has 7 heteroatoms. The van der Waals surface area contributed by atoms with Crippen molar-refractivity contribution in [3.05, 3.63) is 53.6 Å². The van der Waals surface area contributed by atoms with Crippen LogP contribution in [0.1, 0.15) is 18.1 Å². The van der Waals surface area contributed by atoms with Crippen molar-refractivity contribution in [1.82, 2.24) is 0 Å². The molecule has 0 radical (unpaired) electrons. The van der Waals surface area contributed by atoms with Gasteiger partial charge >= 0.3 is 0 Å². The van der Waals surface area contributed by atoms with Gasteiger partial charge in [0.2, 0.25) is 15.9 Å². The highest BCUT2D eigenvalue weighted by Gasteiger charge is 2.23. The molecule has 0 spiro atoms. The quantitative estimate of drug-likeness (QED) is 0.806. The summed E-state index contributed by atoms with van der Waals surface area (Å²) in [5.41, 5.74) is 3.11. The number of benzene rings is 2. The normalized spacial score (nSPS) is 11.1. The number of hydrogen-bond acceptors (Lipinski definition) is 4. The predicted octanol–water partition coefficient (Wildman–Crippen LogP) is 3.11. The molecule has 1 N–H and O–H groups in total. The van der Waals surface area contributed by atoms with Crippen molar-refractivity contribution in [2.75, 3.05) is 29.0 Å². The Hall–Kier alpha value is -2.54. The lowest BCUT2D eigenvalue weighted by Crippen LogP contribution is -2.39. The average molecular weight is 376 g/mol. The maximum Gasteiger partial charge on any atom is 0.245 e. The fourth-order valence-electron chi connectivity index (χ4n) is 2.63. The molecule has 0 aromatic heterocycles. The number of amides is 1. The molecule has 0 saturated carbocycles. The summed E-state index contributed by atoms with van der Waals surface area (Å²) in [7, 11) is -2.07. The van der Waals surface area contributed by atoms with Gasteiger partial charge in [-0.15, -0.1) is 0 Å². The van der Waals surface area contributed by atoms with E-state index >= 15 is 0 Å². The van der Waals surface area contributed by atoms with Crippen LogP contribution >= 0.6 is 0 Å². The van der Waals surface area contributed by atoms with Crippen LogP contribution in [0.4, 0.5) is 11.4 Å². The largest absolute Gasteiger partial charge is 0.497 e. The van der Waals surface area contributed by atoms with Gasteiger partial charge in [-0.05, 0) is 68.3 Å². The summed E-state index contributed by atoms with van der Waals surface area (Å²) in [5.74, 6) is 0.112. The van der Waals surface area contributed by atoms with Gasteiger partial charge in [-0.1, -0.05) is 6.07 Å². The van der Waals surface area contributed by atoms with Crippen LogP contribution in [0.2, 0.25) is 0 Å². The summed E-state index contributed by atoms with van der Waals surface area (Å²) in [6, 6.07) is 12.3. The highest BCUT2D eigenvalue weighted by Crippen LogP contribution is 2.22. The number of hydrogen-bond donors (Lipinski definition) is 1. The van der Waals surface area contributed by atoms with Crippen molar-refractivity contribution < 1.29 is 17.9 Å². The van der Waals surface area contributed by atoms with Gasteiger partial charge in [0.1, 0.15) is 12.3 Å². The Morgan fingerprint density at radius 3 is 2.15 bits per heavy atom. The molecule has 0 aliphatic rings. The Labute approximate surface area is 154 Å². The standard InChI is InChI=1S/C19H24N2O4S/c1-5-26(23,24)21(17-6-8-18(25-4)9-7-17)13-19(22)20-16-11-14(2)10-15(3)12-16/h6-12H,5,13H2,1-4H3,(H,20,22). The van der Waals surface area contributed by atoms with E-state index in [-0.39, 0.29) is 12.3 Å². The van der Waals surface area contributed by atoms with Crippen LogP contribution in [-0.2, 0) is 14.8 Å². The second-order valence-electron chi connectivity index (χ2n) is 6.03. The van der Waals surface area contributed by atoms with Crippen LogP contribution < -0.4 is 14.4 Å². The summed E-state index contributed by atoms with van der Waals surface area (Å²) in [4.78, 5) is 12.5. The molecular weight excluding hydrogens is 352 g/mol. The molecule has 0 unspecified atom stereocenters. The molecule has 140 valence electrons. The van der Waals surface area contributed by atoms with Gasteiger partial charge in [0.05, 0.1) is 18.6 Å². The number of aryl methyl sites for hydroxylation is 2. The summed E-state index contributed by atoms with van der Waals surface area (Å²) < 4.78 is 31.1. The summed E-state index contributed by atoms with van der Waals surface area (Å²) in [5, 5.41) is 2.77. The maximum atomic E-state index is 12.5. The number of ether oxygens (including phenoxy) is 1. The van der Waals surface area contributed by atoms with Crippen molar-refractivity contribution in [2.24, 2.45) is 0 Å². The van der Waals surface area contributed by atoms with E-state index in [2.05, 4.69) is 5.32 Å². The van der Waals surface area contributed by atoms with Gasteiger partial charge in [-0.3, -0.25) is 9.10 Å². The maximum absolute atomic E-state index is 12.5. The van der Waals surface area contributed by atoms with Gasteiger partial charge in [-0.25, -0.2) is 8.42 Å². The lowest BCUT2D eigenvalue weighted by molar-refractivity contribution is -0.114. The molecule has 2 aromatic rings. The minimum absolute atomic E-state index is 0.101. The van der Waals surface area contributed by atoms with Gasteiger partial charge in [0.15, 0.2) is 0 Å². The molecule has 0 saturated heterocycles. The summed E-state index contributed by atoms with van der Waals surface area (Å²) in [6.07, 6.45) is 0. The zero-order valence-electron chi connectivity index (χ0n) is 15.4. The van der Waals surface area contributed by atoms with Crippen molar-refractivity contribution in [3.63, 3.8) is 0 Å². The number of methoxy groups -OCH3 is 1. The van der Waals surface area contributed by atoms with E-state index in [1.54, 1.807) is 31.2 Å². The van der Waals surface area contributed by atoms with E-state index in [1.807, 2.05) is 32.0 Å². The van der Waals surface area contributed by atoms with Crippen molar-refractivity contribution >= 4 is 27.3 Å². The summed E-state index contributed by atoms with van der Waals surface area (Å²) >= 11 is 0. The van der Waals surface area contributed by atoms with Crippen LogP contribution in [0.25, 0.3) is 0 Å². The molecule has 26 heavy (non-hydrogen) atoms. The van der Waals surface area contributed by atoms with Gasteiger partial charge in [-0.2, -0.15) is 0 Å². The van der Waals surface area contributed by atoms with Crippen molar-refractivity contribution in [2.45, 2.75) is 20.8 Å². The number of nitrogens with zero attached hydrogens (tertiary/aromatic N) is 1. The molecule has 0 atom stereocenters. The molecule has 0 fully saturated rings. The number of nitrogens with one attached hydrogen (secondary N) is 1. The Kier molecular flexibility index (Phi) is 6.26. The average Bonchev–Trinajstić information content (AvgIpc) is 2.59. The topological polar surface area (TPSA) is 75.7 Å². The highest BCUT2D eigenvalue weighted by atomic mass is 32.2. The third kappa shape index (κ3) is 4.98. The molecule has 1 amide bonds. The minimum Gasteiger partial charge on any atom is -0.497 e. The van der Waals surface area contributed by atoms with Gasteiger partial charge in [0.25, 0.3) is 0 Å². The molecule has 6 nitrogen and oxygen atoms in total. The monoisotopic (exact) mass is 376 g/mol. The Balaban J connectivity index is 2.24. The number of sulfonamides is 1. The molecule has 0 aliphatic carbocycles. The Morgan fingerprint density at radius 2 is 1.65 bits per heavy atom. The smallest absolute Gasteiger partial charge is 0.245 e. The first-order chi connectivity index (χ1) is 12.2. The number of carbonyl (C=O) groups is 1. The van der Waals surface area contributed by atoms with E-state index in [0.717, 1.165) is 15.4 Å². The molecule has 2 rings (SSSR count). The Morgan fingerprint density at radius 1 is 1.08 bits per heavy atom. The minimum atomic E-state index is -3.60. The third-order valence-electron chi connectivity index (χ3n) is 3.85. The number of anilines is 2. The van der Waals surface area contributed by atoms with E-state index < -0.39 is 15.9 Å². The van der Waals surface area contributed by atoms with E-state index in [0.29, 0.717) is 17.1 Å². The van der Waals surface area contributed by atoms with Crippen molar-refractivity contribution in [3.8, 4) is 5.75 Å². The zero-order chi connectivity index (χ0) is 19.3. The van der Waals surface area contributed by atoms with E-state index in [4.69, 9.17) is 4.74 Å². The van der Waals surface area contributed by atoms with Crippen LogP contribution in [0.5, 0.6) is 5.75 Å². The predicted molar refractivity (Wildman–Crippen MR) is 104 cm³/mol. The van der Waals surface area contributed by atoms with Crippen LogP contribution in [0.3, 0.4) is 0 Å². The van der Waals surface area contributed by atoms with Crippen LogP contribution in [0.15, 0.2) is 42.5 Å². The van der Waals surface area contributed by atoms with Crippen LogP contribution in [-0.4, -0.2) is 33.7 Å². The SMILES string of the molecule is CCS(=O)(=O)N(CC(=O)Nc1cc(C)cc(C)c1)c1ccc(OC)cc1. The number of carbonyl (C=O) groups excluding carboxylic acids is 1. The third-order valence-corrected chi connectivity index (χ3v) is 5.59. The molecule has 0 aliphatic heterocycles. The van der Waals surface area contributed by atoms with Gasteiger partial charge < -0.3 is 10.1 Å². The molecular formula is C19H24N2O4S. The first kappa shape index (κ1) is 19.8.